The molecule has 0 unspecified atom stereocenters. The normalized spacial score (nSPS) is 12.7. The number of nitrogens with two attached hydrogens (primary N) is 1. The summed E-state index contributed by atoms with van der Waals surface area (Å²) in [6.07, 6.45) is 0. The predicted molar refractivity (Wildman–Crippen MR) is 83.4 cm³/mol. The number of nitro groups is 1. The molecule has 1 aromatic rings. The van der Waals surface area contributed by atoms with Gasteiger partial charge in [-0.15, -0.1) is 0 Å². The van der Waals surface area contributed by atoms with Gasteiger partial charge in [0.15, 0.2) is 4.90 Å². The molecule has 0 aliphatic heterocycles. The average Bonchev–Trinajstić information content (AvgIpc) is 2.37. The highest BCUT2D eigenvalue weighted by atomic mass is 79.9. The highest BCUT2D eigenvalue weighted by Crippen LogP contribution is 2.30. The van der Waals surface area contributed by atoms with E-state index in [1.807, 2.05) is 13.8 Å². The molecule has 2 N–H and O–H groups in total. The second kappa shape index (κ2) is 6.39. The summed E-state index contributed by atoms with van der Waals surface area (Å²) in [6, 6.07) is 3.83. The summed E-state index contributed by atoms with van der Waals surface area (Å²) >= 11 is 3.14. The SMILES string of the molecule is CN(CC(C)(C)CN)S(=O)(=O)c1cc(Br)ccc1[N+](=O)[O-]. The molecule has 118 valence electrons. The third-order valence-electron chi connectivity index (χ3n) is 3.01. The summed E-state index contributed by atoms with van der Waals surface area (Å²) in [5, 5.41) is 11.0. The fraction of sp³-hybridized carbons (Fsp3) is 0.500. The minimum absolute atomic E-state index is 0.162. The molecule has 0 amide bonds. The lowest BCUT2D eigenvalue weighted by Gasteiger charge is -2.28. The quantitative estimate of drug-likeness (QED) is 0.600. The van der Waals surface area contributed by atoms with Crippen molar-refractivity contribution in [3.63, 3.8) is 0 Å². The van der Waals surface area contributed by atoms with Crippen LogP contribution >= 0.6 is 15.9 Å². The third-order valence-corrected chi connectivity index (χ3v) is 5.34. The minimum Gasteiger partial charge on any atom is -0.330 e. The first-order valence-electron chi connectivity index (χ1n) is 6.11. The number of rotatable bonds is 6. The first kappa shape index (κ1) is 18.0. The van der Waals surface area contributed by atoms with Gasteiger partial charge < -0.3 is 5.73 Å². The molecule has 7 nitrogen and oxygen atoms in total. The molecule has 0 aromatic heterocycles. The van der Waals surface area contributed by atoms with Gasteiger partial charge in [0.25, 0.3) is 5.69 Å². The number of benzene rings is 1. The molecular weight excluding hydrogens is 362 g/mol. The highest BCUT2D eigenvalue weighted by molar-refractivity contribution is 9.10. The number of sulfonamides is 1. The van der Waals surface area contributed by atoms with Crippen LogP contribution in [0.1, 0.15) is 13.8 Å². The second-order valence-corrected chi connectivity index (χ2v) is 8.43. The zero-order chi connectivity index (χ0) is 16.4. The van der Waals surface area contributed by atoms with E-state index in [-0.39, 0.29) is 11.4 Å². The summed E-state index contributed by atoms with van der Waals surface area (Å²) in [5.74, 6) is 0. The molecule has 0 aliphatic rings. The lowest BCUT2D eigenvalue weighted by molar-refractivity contribution is -0.387. The van der Waals surface area contributed by atoms with Crippen LogP contribution in [0.25, 0.3) is 0 Å². The van der Waals surface area contributed by atoms with Gasteiger partial charge in [-0.25, -0.2) is 12.7 Å². The highest BCUT2D eigenvalue weighted by Gasteiger charge is 2.32. The molecule has 21 heavy (non-hydrogen) atoms. The molecule has 0 spiro atoms. The minimum atomic E-state index is -3.97. The predicted octanol–water partition coefficient (Wildman–Crippen LogP) is 1.96. The Morgan fingerprint density at radius 3 is 2.48 bits per heavy atom. The Morgan fingerprint density at radius 1 is 1.43 bits per heavy atom. The van der Waals surface area contributed by atoms with Crippen LogP contribution in [0, 0.1) is 15.5 Å². The largest absolute Gasteiger partial charge is 0.330 e. The first-order chi connectivity index (χ1) is 9.51. The smallest absolute Gasteiger partial charge is 0.289 e. The molecule has 0 atom stereocenters. The molecular formula is C12H18BrN3O4S. The number of nitro benzene ring substituents is 1. The summed E-state index contributed by atoms with van der Waals surface area (Å²) in [4.78, 5) is 9.99. The molecule has 1 aromatic carbocycles. The fourth-order valence-corrected chi connectivity index (χ4v) is 3.82. The van der Waals surface area contributed by atoms with E-state index in [2.05, 4.69) is 15.9 Å². The maximum Gasteiger partial charge on any atom is 0.289 e. The van der Waals surface area contributed by atoms with E-state index in [4.69, 9.17) is 5.73 Å². The number of hydrogen-bond acceptors (Lipinski definition) is 5. The van der Waals surface area contributed by atoms with E-state index >= 15 is 0 Å². The number of nitrogens with zero attached hydrogens (tertiary/aromatic N) is 2. The van der Waals surface area contributed by atoms with E-state index in [0.717, 1.165) is 4.31 Å². The second-order valence-electron chi connectivity index (χ2n) is 5.50. The summed E-state index contributed by atoms with van der Waals surface area (Å²) < 4.78 is 26.7. The topological polar surface area (TPSA) is 107 Å². The van der Waals surface area contributed by atoms with Gasteiger partial charge in [0.2, 0.25) is 10.0 Å². The van der Waals surface area contributed by atoms with Crippen LogP contribution in [-0.4, -0.2) is 37.8 Å². The van der Waals surface area contributed by atoms with Gasteiger partial charge in [0.1, 0.15) is 0 Å². The Labute approximate surface area is 132 Å². The molecule has 0 radical (unpaired) electrons. The monoisotopic (exact) mass is 379 g/mol. The Balaban J connectivity index is 3.31. The van der Waals surface area contributed by atoms with Gasteiger partial charge in [-0.2, -0.15) is 0 Å². The molecule has 0 heterocycles. The summed E-state index contributed by atoms with van der Waals surface area (Å²) in [6.45, 7) is 4.12. The Hall–Kier alpha value is -1.03. The van der Waals surface area contributed by atoms with E-state index < -0.39 is 26.0 Å². The van der Waals surface area contributed by atoms with Crippen molar-refractivity contribution in [3.8, 4) is 0 Å². The van der Waals surface area contributed by atoms with E-state index in [1.54, 1.807) is 0 Å². The van der Waals surface area contributed by atoms with Gasteiger partial charge >= 0.3 is 0 Å². The van der Waals surface area contributed by atoms with Crippen molar-refractivity contribution in [2.45, 2.75) is 18.7 Å². The molecule has 0 saturated carbocycles. The van der Waals surface area contributed by atoms with Crippen LogP contribution in [0.15, 0.2) is 27.6 Å². The number of halogens is 1. The lowest BCUT2D eigenvalue weighted by Crippen LogP contribution is -2.39. The molecule has 9 heteroatoms. The van der Waals surface area contributed by atoms with Crippen molar-refractivity contribution >= 4 is 31.6 Å². The van der Waals surface area contributed by atoms with Gasteiger partial charge in [-0.1, -0.05) is 29.8 Å². The van der Waals surface area contributed by atoms with Crippen molar-refractivity contribution in [1.29, 1.82) is 0 Å². The zero-order valence-corrected chi connectivity index (χ0v) is 14.4. The van der Waals surface area contributed by atoms with Crippen molar-refractivity contribution in [3.05, 3.63) is 32.8 Å². The molecule has 0 saturated heterocycles. The van der Waals surface area contributed by atoms with Crippen molar-refractivity contribution in [2.24, 2.45) is 11.1 Å². The van der Waals surface area contributed by atoms with Crippen LogP contribution in [0.5, 0.6) is 0 Å². The van der Waals surface area contributed by atoms with Crippen LogP contribution in [0.3, 0.4) is 0 Å². The lowest BCUT2D eigenvalue weighted by atomic mass is 9.94. The van der Waals surface area contributed by atoms with Crippen molar-refractivity contribution in [1.82, 2.24) is 4.31 Å². The number of hydrogen-bond donors (Lipinski definition) is 1. The van der Waals surface area contributed by atoms with Crippen LogP contribution in [0.4, 0.5) is 5.69 Å². The van der Waals surface area contributed by atoms with Crippen LogP contribution < -0.4 is 5.73 Å². The molecule has 0 fully saturated rings. The average molecular weight is 380 g/mol. The van der Waals surface area contributed by atoms with Gasteiger partial charge in [-0.3, -0.25) is 10.1 Å². The fourth-order valence-electron chi connectivity index (χ4n) is 1.77. The van der Waals surface area contributed by atoms with E-state index in [1.165, 1.54) is 25.2 Å². The van der Waals surface area contributed by atoms with E-state index in [9.17, 15) is 18.5 Å². The molecule has 0 aliphatic carbocycles. The maximum absolute atomic E-state index is 12.6. The van der Waals surface area contributed by atoms with Gasteiger partial charge in [-0.05, 0) is 24.1 Å². The van der Waals surface area contributed by atoms with Crippen molar-refractivity contribution in [2.75, 3.05) is 20.1 Å². The Kier molecular flexibility index (Phi) is 5.48. The van der Waals surface area contributed by atoms with Crippen LogP contribution in [-0.2, 0) is 10.0 Å². The van der Waals surface area contributed by atoms with Crippen molar-refractivity contribution < 1.29 is 13.3 Å². The zero-order valence-electron chi connectivity index (χ0n) is 12.0. The maximum atomic E-state index is 12.6. The summed E-state index contributed by atoms with van der Waals surface area (Å²) in [5.41, 5.74) is 4.73. The first-order valence-corrected chi connectivity index (χ1v) is 8.35. The van der Waals surface area contributed by atoms with Crippen LogP contribution in [0.2, 0.25) is 0 Å². The molecule has 0 bridgehead atoms. The van der Waals surface area contributed by atoms with Gasteiger partial charge in [0, 0.05) is 24.1 Å². The third kappa shape index (κ3) is 4.22. The Morgan fingerprint density at radius 2 is 2.00 bits per heavy atom. The Bertz CT molecular complexity index is 646. The van der Waals surface area contributed by atoms with Gasteiger partial charge in [0.05, 0.1) is 4.92 Å². The van der Waals surface area contributed by atoms with E-state index in [0.29, 0.717) is 11.0 Å². The standard InChI is InChI=1S/C12H18BrN3O4S/c1-12(2,7-14)8-15(3)21(19,20)11-6-9(13)4-5-10(11)16(17)18/h4-6H,7-8,14H2,1-3H3. The summed E-state index contributed by atoms with van der Waals surface area (Å²) in [7, 11) is -2.59. The molecule has 1 rings (SSSR count).